The fourth-order valence-electron chi connectivity index (χ4n) is 1.92. The molecule has 0 atom stereocenters. The number of nitrogens with zero attached hydrogens (tertiary/aromatic N) is 1. The first-order valence-electron chi connectivity index (χ1n) is 5.80. The largest absolute Gasteiger partial charge is 0.494 e. The van der Waals surface area contributed by atoms with Crippen LogP contribution in [0.3, 0.4) is 0 Å². The summed E-state index contributed by atoms with van der Waals surface area (Å²) in [6, 6.07) is 7.53. The summed E-state index contributed by atoms with van der Waals surface area (Å²) in [5.74, 6) is -2.09. The third-order valence-electron chi connectivity index (χ3n) is 2.91. The summed E-state index contributed by atoms with van der Waals surface area (Å²) in [7, 11) is 1.28. The van der Waals surface area contributed by atoms with Gasteiger partial charge in [0.15, 0.2) is 11.6 Å². The Kier molecular flexibility index (Phi) is 3.84. The first-order chi connectivity index (χ1) is 9.95. The van der Waals surface area contributed by atoms with Crippen molar-refractivity contribution in [3.8, 4) is 16.9 Å². The molecule has 0 heterocycles. The number of nitro benzene ring substituents is 1. The van der Waals surface area contributed by atoms with Crippen molar-refractivity contribution in [2.45, 2.75) is 0 Å². The Morgan fingerprint density at radius 2 is 2.00 bits per heavy atom. The molecule has 6 nitrogen and oxygen atoms in total. The third-order valence-corrected chi connectivity index (χ3v) is 2.91. The van der Waals surface area contributed by atoms with Gasteiger partial charge in [0.25, 0.3) is 5.69 Å². The molecule has 0 spiro atoms. The monoisotopic (exact) mass is 291 g/mol. The Labute approximate surface area is 118 Å². The predicted molar refractivity (Wildman–Crippen MR) is 72.0 cm³/mol. The van der Waals surface area contributed by atoms with Gasteiger partial charge in [-0.3, -0.25) is 10.1 Å². The van der Waals surface area contributed by atoms with E-state index in [-0.39, 0.29) is 22.4 Å². The zero-order chi connectivity index (χ0) is 15.6. The molecule has 0 aliphatic rings. The molecule has 0 aliphatic carbocycles. The molecule has 0 aromatic heterocycles. The van der Waals surface area contributed by atoms with Gasteiger partial charge < -0.3 is 9.84 Å². The van der Waals surface area contributed by atoms with Crippen LogP contribution < -0.4 is 4.74 Å². The normalized spacial score (nSPS) is 10.2. The van der Waals surface area contributed by atoms with Crippen LogP contribution in [0, 0.1) is 15.9 Å². The highest BCUT2D eigenvalue weighted by atomic mass is 19.1. The SMILES string of the molecule is COc1cccc(-c2ccc(C(=O)O)cc2[N+](=O)[O-])c1F. The maximum Gasteiger partial charge on any atom is 0.335 e. The van der Waals surface area contributed by atoms with E-state index in [0.717, 1.165) is 6.07 Å². The van der Waals surface area contributed by atoms with Crippen LogP contribution in [0.5, 0.6) is 5.75 Å². The Morgan fingerprint density at radius 1 is 1.29 bits per heavy atom. The molecule has 0 radical (unpaired) electrons. The second-order valence-corrected chi connectivity index (χ2v) is 4.12. The van der Waals surface area contributed by atoms with Crippen molar-refractivity contribution in [3.63, 3.8) is 0 Å². The summed E-state index contributed by atoms with van der Waals surface area (Å²) in [6.07, 6.45) is 0. The summed E-state index contributed by atoms with van der Waals surface area (Å²) in [4.78, 5) is 21.2. The number of ether oxygens (including phenoxy) is 1. The molecule has 2 aromatic rings. The molecule has 7 heteroatoms. The predicted octanol–water partition coefficient (Wildman–Crippen LogP) is 3.11. The van der Waals surface area contributed by atoms with E-state index >= 15 is 0 Å². The number of halogens is 1. The van der Waals surface area contributed by atoms with Gasteiger partial charge in [0.2, 0.25) is 0 Å². The minimum absolute atomic E-state index is 0.0126. The molecular formula is C14H10FNO5. The fraction of sp³-hybridized carbons (Fsp3) is 0.0714. The second-order valence-electron chi connectivity index (χ2n) is 4.12. The first-order valence-corrected chi connectivity index (χ1v) is 5.80. The van der Waals surface area contributed by atoms with E-state index in [9.17, 15) is 19.3 Å². The quantitative estimate of drug-likeness (QED) is 0.690. The van der Waals surface area contributed by atoms with Crippen molar-refractivity contribution < 1.29 is 24.0 Å². The van der Waals surface area contributed by atoms with Gasteiger partial charge in [-0.2, -0.15) is 0 Å². The molecule has 0 aliphatic heterocycles. The average molecular weight is 291 g/mol. The summed E-state index contributed by atoms with van der Waals surface area (Å²) in [5, 5.41) is 20.0. The van der Waals surface area contributed by atoms with Crippen LogP contribution in [-0.2, 0) is 0 Å². The summed E-state index contributed by atoms with van der Waals surface area (Å²) < 4.78 is 19.0. The highest BCUT2D eigenvalue weighted by molar-refractivity contribution is 5.90. The van der Waals surface area contributed by atoms with Gasteiger partial charge in [0, 0.05) is 11.6 Å². The number of carbonyl (C=O) groups is 1. The van der Waals surface area contributed by atoms with E-state index < -0.39 is 22.4 Å². The topological polar surface area (TPSA) is 89.7 Å². The number of carboxylic acid groups (broad SMARTS) is 1. The van der Waals surface area contributed by atoms with Crippen molar-refractivity contribution >= 4 is 11.7 Å². The van der Waals surface area contributed by atoms with Crippen LogP contribution >= 0.6 is 0 Å². The Balaban J connectivity index is 2.69. The molecule has 21 heavy (non-hydrogen) atoms. The Bertz CT molecular complexity index is 729. The lowest BCUT2D eigenvalue weighted by molar-refractivity contribution is -0.384. The smallest absolute Gasteiger partial charge is 0.335 e. The first kappa shape index (κ1) is 14.4. The standard InChI is InChI=1S/C14H10FNO5/c1-21-12-4-2-3-10(13(12)15)9-6-5-8(14(17)18)7-11(9)16(19)20/h2-7H,1H3,(H,17,18). The molecule has 2 aromatic carbocycles. The highest BCUT2D eigenvalue weighted by Gasteiger charge is 2.22. The molecule has 108 valence electrons. The van der Waals surface area contributed by atoms with Crippen molar-refractivity contribution in [2.24, 2.45) is 0 Å². The number of hydrogen-bond donors (Lipinski definition) is 1. The van der Waals surface area contributed by atoms with Gasteiger partial charge in [-0.25, -0.2) is 9.18 Å². The molecule has 2 rings (SSSR count). The van der Waals surface area contributed by atoms with E-state index in [1.54, 1.807) is 0 Å². The number of hydrogen-bond acceptors (Lipinski definition) is 4. The van der Waals surface area contributed by atoms with E-state index in [1.165, 1.54) is 37.4 Å². The van der Waals surface area contributed by atoms with E-state index in [2.05, 4.69) is 0 Å². The molecule has 0 fully saturated rings. The zero-order valence-corrected chi connectivity index (χ0v) is 10.9. The van der Waals surface area contributed by atoms with Crippen molar-refractivity contribution in [1.29, 1.82) is 0 Å². The number of benzene rings is 2. The molecule has 1 N–H and O–H groups in total. The van der Waals surface area contributed by atoms with Crippen LogP contribution in [0.2, 0.25) is 0 Å². The fourth-order valence-corrected chi connectivity index (χ4v) is 1.92. The Hall–Kier alpha value is -2.96. The van der Waals surface area contributed by atoms with Crippen molar-refractivity contribution in [3.05, 3.63) is 57.9 Å². The number of carboxylic acids is 1. The van der Waals surface area contributed by atoms with Gasteiger partial charge in [-0.15, -0.1) is 0 Å². The van der Waals surface area contributed by atoms with Crippen molar-refractivity contribution in [1.82, 2.24) is 0 Å². The summed E-state index contributed by atoms with van der Waals surface area (Å²) in [5.41, 5.74) is -0.768. The highest BCUT2D eigenvalue weighted by Crippen LogP contribution is 2.35. The van der Waals surface area contributed by atoms with Gasteiger partial charge in [-0.1, -0.05) is 12.1 Å². The lowest BCUT2D eigenvalue weighted by atomic mass is 10.0. The average Bonchev–Trinajstić information content (AvgIpc) is 2.46. The lowest BCUT2D eigenvalue weighted by Crippen LogP contribution is -2.00. The lowest BCUT2D eigenvalue weighted by Gasteiger charge is -2.08. The molecular weight excluding hydrogens is 281 g/mol. The van der Waals surface area contributed by atoms with Gasteiger partial charge in [0.05, 0.1) is 23.2 Å². The van der Waals surface area contributed by atoms with Crippen LogP contribution in [0.4, 0.5) is 10.1 Å². The maximum absolute atomic E-state index is 14.2. The summed E-state index contributed by atoms with van der Waals surface area (Å²) >= 11 is 0. The minimum atomic E-state index is -1.30. The van der Waals surface area contributed by atoms with Gasteiger partial charge in [0.1, 0.15) is 0 Å². The third kappa shape index (κ3) is 2.66. The van der Waals surface area contributed by atoms with Crippen LogP contribution in [-0.4, -0.2) is 23.1 Å². The van der Waals surface area contributed by atoms with Crippen LogP contribution in [0.25, 0.3) is 11.1 Å². The second kappa shape index (κ2) is 5.58. The number of nitro groups is 1. The van der Waals surface area contributed by atoms with E-state index in [0.29, 0.717) is 0 Å². The molecule has 0 saturated carbocycles. The summed E-state index contributed by atoms with van der Waals surface area (Å²) in [6.45, 7) is 0. The van der Waals surface area contributed by atoms with Gasteiger partial charge >= 0.3 is 5.97 Å². The minimum Gasteiger partial charge on any atom is -0.494 e. The molecule has 0 unspecified atom stereocenters. The maximum atomic E-state index is 14.2. The van der Waals surface area contributed by atoms with Gasteiger partial charge in [-0.05, 0) is 18.2 Å². The van der Waals surface area contributed by atoms with E-state index in [4.69, 9.17) is 9.84 Å². The molecule has 0 bridgehead atoms. The van der Waals surface area contributed by atoms with E-state index in [1.807, 2.05) is 0 Å². The van der Waals surface area contributed by atoms with Crippen LogP contribution in [0.1, 0.15) is 10.4 Å². The van der Waals surface area contributed by atoms with Crippen molar-refractivity contribution in [2.75, 3.05) is 7.11 Å². The Morgan fingerprint density at radius 3 is 2.57 bits per heavy atom. The van der Waals surface area contributed by atoms with Crippen LogP contribution in [0.15, 0.2) is 36.4 Å². The molecule has 0 saturated heterocycles. The zero-order valence-electron chi connectivity index (χ0n) is 10.9. The molecule has 0 amide bonds. The number of aromatic carboxylic acids is 1. The number of methoxy groups -OCH3 is 1. The number of rotatable bonds is 4.